The highest BCUT2D eigenvalue weighted by Crippen LogP contribution is 2.37. The van der Waals surface area contributed by atoms with Crippen LogP contribution in [0.1, 0.15) is 11.1 Å². The van der Waals surface area contributed by atoms with Crippen molar-refractivity contribution < 1.29 is 18.8 Å². The number of non-ortho nitro benzene ring substituents is 1. The van der Waals surface area contributed by atoms with Gasteiger partial charge in [-0.3, -0.25) is 10.1 Å². The summed E-state index contributed by atoms with van der Waals surface area (Å²) in [5.41, 5.74) is 2.25. The Labute approximate surface area is 175 Å². The van der Waals surface area contributed by atoms with Crippen molar-refractivity contribution in [3.63, 3.8) is 0 Å². The van der Waals surface area contributed by atoms with Crippen molar-refractivity contribution in [2.45, 2.75) is 13.2 Å². The minimum atomic E-state index is -0.435. The molecular formula is C21H18BrFN2O4. The lowest BCUT2D eigenvalue weighted by Crippen LogP contribution is -2.03. The maximum absolute atomic E-state index is 13.3. The summed E-state index contributed by atoms with van der Waals surface area (Å²) in [6.45, 7) is 0.623. The van der Waals surface area contributed by atoms with Crippen LogP contribution in [0.2, 0.25) is 0 Å². The van der Waals surface area contributed by atoms with Gasteiger partial charge in [0.25, 0.3) is 5.69 Å². The Morgan fingerprint density at radius 3 is 2.62 bits per heavy atom. The quantitative estimate of drug-likeness (QED) is 0.344. The van der Waals surface area contributed by atoms with E-state index in [1.807, 2.05) is 12.1 Å². The third kappa shape index (κ3) is 5.45. The zero-order valence-electron chi connectivity index (χ0n) is 15.5. The van der Waals surface area contributed by atoms with Crippen LogP contribution in [0.3, 0.4) is 0 Å². The van der Waals surface area contributed by atoms with Crippen molar-refractivity contribution in [2.75, 3.05) is 12.4 Å². The van der Waals surface area contributed by atoms with Gasteiger partial charge in [-0.25, -0.2) is 4.39 Å². The van der Waals surface area contributed by atoms with Crippen molar-refractivity contribution in [1.29, 1.82) is 0 Å². The van der Waals surface area contributed by atoms with E-state index < -0.39 is 4.92 Å². The van der Waals surface area contributed by atoms with E-state index in [1.165, 1.54) is 31.4 Å². The van der Waals surface area contributed by atoms with Gasteiger partial charge in [0.05, 0.1) is 16.5 Å². The summed E-state index contributed by atoms with van der Waals surface area (Å²) < 4.78 is 25.3. The molecule has 0 amide bonds. The van der Waals surface area contributed by atoms with E-state index in [2.05, 4.69) is 21.2 Å². The smallest absolute Gasteiger partial charge is 0.271 e. The molecule has 0 radical (unpaired) electrons. The molecule has 0 aliphatic carbocycles. The Morgan fingerprint density at radius 2 is 1.90 bits per heavy atom. The number of hydrogen-bond acceptors (Lipinski definition) is 5. The summed E-state index contributed by atoms with van der Waals surface area (Å²) in [5, 5.41) is 14.1. The number of anilines is 1. The molecule has 3 aromatic carbocycles. The molecule has 0 atom stereocenters. The highest BCUT2D eigenvalue weighted by Gasteiger charge is 2.13. The number of hydrogen-bond donors (Lipinski definition) is 1. The summed E-state index contributed by atoms with van der Waals surface area (Å²) in [7, 11) is 1.54. The minimum absolute atomic E-state index is 0.0230. The Kier molecular flexibility index (Phi) is 6.66. The standard InChI is InChI=1S/C21H18BrFN2O4/c1-28-20-10-15(12-24-17-6-3-7-18(11-17)25(26)27)9-19(22)21(20)29-13-14-4-2-5-16(23)8-14/h2-11,24H,12-13H2,1H3. The molecule has 0 bridgehead atoms. The highest BCUT2D eigenvalue weighted by atomic mass is 79.9. The molecule has 8 heteroatoms. The first-order valence-corrected chi connectivity index (χ1v) is 9.47. The van der Waals surface area contributed by atoms with E-state index in [9.17, 15) is 14.5 Å². The van der Waals surface area contributed by atoms with Crippen molar-refractivity contribution in [3.8, 4) is 11.5 Å². The summed E-state index contributed by atoms with van der Waals surface area (Å²) in [5.74, 6) is 0.710. The number of nitro benzene ring substituents is 1. The normalized spacial score (nSPS) is 10.4. The van der Waals surface area contributed by atoms with Gasteiger partial charge in [-0.2, -0.15) is 0 Å². The van der Waals surface area contributed by atoms with Crippen LogP contribution in [0.15, 0.2) is 65.1 Å². The molecule has 0 saturated carbocycles. The van der Waals surface area contributed by atoms with Gasteiger partial charge in [-0.05, 0) is 57.4 Å². The zero-order chi connectivity index (χ0) is 20.8. The second-order valence-electron chi connectivity index (χ2n) is 6.19. The number of ether oxygens (including phenoxy) is 2. The lowest BCUT2D eigenvalue weighted by molar-refractivity contribution is -0.384. The minimum Gasteiger partial charge on any atom is -0.493 e. The van der Waals surface area contributed by atoms with Gasteiger partial charge in [-0.15, -0.1) is 0 Å². The number of halogens is 2. The fraction of sp³-hybridized carbons (Fsp3) is 0.143. The number of rotatable bonds is 8. The van der Waals surface area contributed by atoms with Crippen molar-refractivity contribution in [3.05, 3.63) is 92.2 Å². The van der Waals surface area contributed by atoms with Gasteiger partial charge in [-0.1, -0.05) is 18.2 Å². The Hall–Kier alpha value is -3.13. The molecule has 0 aliphatic rings. The number of nitrogens with zero attached hydrogens (tertiary/aromatic N) is 1. The SMILES string of the molecule is COc1cc(CNc2cccc([N+](=O)[O-])c2)cc(Br)c1OCc1cccc(F)c1. The number of nitro groups is 1. The monoisotopic (exact) mass is 460 g/mol. The van der Waals surface area contributed by atoms with Crippen LogP contribution in [0.5, 0.6) is 11.5 Å². The highest BCUT2D eigenvalue weighted by molar-refractivity contribution is 9.10. The summed E-state index contributed by atoms with van der Waals surface area (Å²) in [6.07, 6.45) is 0. The van der Waals surface area contributed by atoms with Crippen LogP contribution in [0, 0.1) is 15.9 Å². The Morgan fingerprint density at radius 1 is 1.10 bits per heavy atom. The van der Waals surface area contributed by atoms with E-state index >= 15 is 0 Å². The van der Waals surface area contributed by atoms with Gasteiger partial charge >= 0.3 is 0 Å². The Balaban J connectivity index is 1.72. The van der Waals surface area contributed by atoms with E-state index in [1.54, 1.807) is 24.3 Å². The number of benzene rings is 3. The van der Waals surface area contributed by atoms with Gasteiger partial charge in [0.1, 0.15) is 12.4 Å². The molecular weight excluding hydrogens is 443 g/mol. The van der Waals surface area contributed by atoms with Crippen LogP contribution < -0.4 is 14.8 Å². The molecule has 6 nitrogen and oxygen atoms in total. The van der Waals surface area contributed by atoms with Crippen molar-refractivity contribution >= 4 is 27.3 Å². The number of nitrogens with one attached hydrogen (secondary N) is 1. The van der Waals surface area contributed by atoms with E-state index in [-0.39, 0.29) is 18.1 Å². The molecule has 29 heavy (non-hydrogen) atoms. The van der Waals surface area contributed by atoms with Crippen LogP contribution in [0.25, 0.3) is 0 Å². The van der Waals surface area contributed by atoms with E-state index in [0.717, 1.165) is 5.56 Å². The second kappa shape index (κ2) is 9.38. The van der Waals surface area contributed by atoms with E-state index in [0.29, 0.717) is 33.8 Å². The predicted octanol–water partition coefficient (Wildman–Crippen LogP) is 5.70. The molecule has 0 aromatic heterocycles. The predicted molar refractivity (Wildman–Crippen MR) is 112 cm³/mol. The number of methoxy groups -OCH3 is 1. The summed E-state index contributed by atoms with van der Waals surface area (Å²) in [6, 6.07) is 16.2. The van der Waals surface area contributed by atoms with Gasteiger partial charge in [0.2, 0.25) is 0 Å². The second-order valence-corrected chi connectivity index (χ2v) is 7.04. The summed E-state index contributed by atoms with van der Waals surface area (Å²) >= 11 is 3.49. The van der Waals surface area contributed by atoms with Crippen LogP contribution >= 0.6 is 15.9 Å². The van der Waals surface area contributed by atoms with Crippen LogP contribution in [-0.4, -0.2) is 12.0 Å². The molecule has 0 aliphatic heterocycles. The van der Waals surface area contributed by atoms with Crippen LogP contribution in [0.4, 0.5) is 15.8 Å². The largest absolute Gasteiger partial charge is 0.493 e. The molecule has 150 valence electrons. The first-order valence-electron chi connectivity index (χ1n) is 8.68. The first-order chi connectivity index (χ1) is 14.0. The molecule has 3 aromatic rings. The molecule has 1 N–H and O–H groups in total. The maximum Gasteiger partial charge on any atom is 0.271 e. The Bertz CT molecular complexity index is 1030. The fourth-order valence-corrected chi connectivity index (χ4v) is 3.34. The van der Waals surface area contributed by atoms with Gasteiger partial charge in [0, 0.05) is 24.4 Å². The molecule has 0 heterocycles. The zero-order valence-corrected chi connectivity index (χ0v) is 17.1. The lowest BCUT2D eigenvalue weighted by Gasteiger charge is -2.15. The van der Waals surface area contributed by atoms with Crippen molar-refractivity contribution in [2.24, 2.45) is 0 Å². The van der Waals surface area contributed by atoms with Crippen LogP contribution in [-0.2, 0) is 13.2 Å². The van der Waals surface area contributed by atoms with E-state index in [4.69, 9.17) is 9.47 Å². The maximum atomic E-state index is 13.3. The molecule has 0 unspecified atom stereocenters. The molecule has 0 saturated heterocycles. The fourth-order valence-electron chi connectivity index (χ4n) is 2.73. The summed E-state index contributed by atoms with van der Waals surface area (Å²) in [4.78, 5) is 10.5. The molecule has 0 fully saturated rings. The lowest BCUT2D eigenvalue weighted by atomic mass is 10.2. The average molecular weight is 461 g/mol. The topological polar surface area (TPSA) is 73.6 Å². The van der Waals surface area contributed by atoms with Gasteiger partial charge in [0.15, 0.2) is 11.5 Å². The molecule has 0 spiro atoms. The molecule has 3 rings (SSSR count). The average Bonchev–Trinajstić information content (AvgIpc) is 2.71. The first kappa shape index (κ1) is 20.6. The third-order valence-electron chi connectivity index (χ3n) is 4.12. The van der Waals surface area contributed by atoms with Gasteiger partial charge < -0.3 is 14.8 Å². The third-order valence-corrected chi connectivity index (χ3v) is 4.70. The van der Waals surface area contributed by atoms with Crippen molar-refractivity contribution in [1.82, 2.24) is 0 Å².